The van der Waals surface area contributed by atoms with Gasteiger partial charge in [-0.05, 0) is 6.42 Å². The van der Waals surface area contributed by atoms with Crippen molar-refractivity contribution in [1.29, 1.82) is 0 Å². The number of rotatable bonds is 4. The van der Waals surface area contributed by atoms with Crippen LogP contribution in [0, 0.1) is 0 Å². The molecule has 1 rings (SSSR count). The van der Waals surface area contributed by atoms with E-state index in [1.165, 1.54) is 0 Å². The summed E-state index contributed by atoms with van der Waals surface area (Å²) in [6, 6.07) is 0. The Morgan fingerprint density at radius 3 is 3.00 bits per heavy atom. The lowest BCUT2D eigenvalue weighted by molar-refractivity contribution is -0.137. The van der Waals surface area contributed by atoms with Crippen molar-refractivity contribution < 1.29 is 9.90 Å². The van der Waals surface area contributed by atoms with Gasteiger partial charge in [0.25, 0.3) is 0 Å². The molecular formula is C7H11N3O2. The van der Waals surface area contributed by atoms with Crippen LogP contribution in [0.3, 0.4) is 0 Å². The molecule has 5 heteroatoms. The smallest absolute Gasteiger partial charge is 0.303 e. The molecule has 1 aromatic heterocycles. The van der Waals surface area contributed by atoms with Crippen LogP contribution in [0.4, 0.5) is 5.82 Å². The highest BCUT2D eigenvalue weighted by Gasteiger charge is 1.97. The quantitative estimate of drug-likeness (QED) is 0.680. The zero-order chi connectivity index (χ0) is 8.97. The van der Waals surface area contributed by atoms with E-state index in [2.05, 4.69) is 4.98 Å². The van der Waals surface area contributed by atoms with Crippen molar-refractivity contribution in [3.05, 3.63) is 12.5 Å². The molecule has 0 aliphatic heterocycles. The van der Waals surface area contributed by atoms with E-state index in [1.54, 1.807) is 17.1 Å². The molecule has 0 atom stereocenters. The maximum atomic E-state index is 10.1. The standard InChI is InChI=1S/C7H11N3O2/c8-6-4-10(5-9-6)3-1-2-7(11)12/h4-5H,1-3,8H2,(H,11,12). The third-order valence-corrected chi connectivity index (χ3v) is 1.46. The van der Waals surface area contributed by atoms with Crippen LogP contribution < -0.4 is 5.73 Å². The van der Waals surface area contributed by atoms with Gasteiger partial charge in [-0.25, -0.2) is 4.98 Å². The summed E-state index contributed by atoms with van der Waals surface area (Å²) in [5.41, 5.74) is 5.36. The molecule has 1 aromatic rings. The number of carboxylic acids is 1. The highest BCUT2D eigenvalue weighted by atomic mass is 16.4. The number of carbonyl (C=O) groups is 1. The van der Waals surface area contributed by atoms with Crippen molar-refractivity contribution in [2.45, 2.75) is 19.4 Å². The molecule has 0 spiro atoms. The van der Waals surface area contributed by atoms with E-state index in [1.807, 2.05) is 0 Å². The van der Waals surface area contributed by atoms with Gasteiger partial charge >= 0.3 is 5.97 Å². The van der Waals surface area contributed by atoms with Crippen molar-refractivity contribution in [1.82, 2.24) is 9.55 Å². The minimum atomic E-state index is -0.775. The van der Waals surface area contributed by atoms with Gasteiger partial charge in [0.2, 0.25) is 0 Å². The Bertz CT molecular complexity index is 269. The summed E-state index contributed by atoms with van der Waals surface area (Å²) >= 11 is 0. The van der Waals surface area contributed by atoms with Gasteiger partial charge in [0.05, 0.1) is 6.33 Å². The van der Waals surface area contributed by atoms with Crippen LogP contribution in [0.25, 0.3) is 0 Å². The first-order chi connectivity index (χ1) is 5.68. The Morgan fingerprint density at radius 1 is 1.75 bits per heavy atom. The van der Waals surface area contributed by atoms with Crippen LogP contribution >= 0.6 is 0 Å². The molecule has 1 heterocycles. The van der Waals surface area contributed by atoms with Crippen molar-refractivity contribution >= 4 is 11.8 Å². The van der Waals surface area contributed by atoms with Gasteiger partial charge in [-0.3, -0.25) is 4.79 Å². The zero-order valence-electron chi connectivity index (χ0n) is 6.60. The molecule has 0 bridgehead atoms. The number of nitrogens with zero attached hydrogens (tertiary/aromatic N) is 2. The fourth-order valence-electron chi connectivity index (χ4n) is 0.913. The largest absolute Gasteiger partial charge is 0.481 e. The molecule has 0 aromatic carbocycles. The molecule has 0 radical (unpaired) electrons. The van der Waals surface area contributed by atoms with E-state index < -0.39 is 5.97 Å². The number of nitrogen functional groups attached to an aromatic ring is 1. The monoisotopic (exact) mass is 169 g/mol. The number of hydrogen-bond acceptors (Lipinski definition) is 3. The van der Waals surface area contributed by atoms with Crippen LogP contribution in [0.2, 0.25) is 0 Å². The van der Waals surface area contributed by atoms with Gasteiger partial charge in [0.15, 0.2) is 0 Å². The molecule has 0 aliphatic rings. The van der Waals surface area contributed by atoms with E-state index >= 15 is 0 Å². The lowest BCUT2D eigenvalue weighted by Gasteiger charge is -1.97. The molecule has 66 valence electrons. The number of anilines is 1. The third kappa shape index (κ3) is 2.61. The second kappa shape index (κ2) is 3.75. The number of aromatic nitrogens is 2. The van der Waals surface area contributed by atoms with Gasteiger partial charge in [-0.2, -0.15) is 0 Å². The summed E-state index contributed by atoms with van der Waals surface area (Å²) in [6.07, 6.45) is 4.06. The summed E-state index contributed by atoms with van der Waals surface area (Å²) < 4.78 is 1.78. The Morgan fingerprint density at radius 2 is 2.50 bits per heavy atom. The van der Waals surface area contributed by atoms with E-state index in [0.29, 0.717) is 18.8 Å². The fourth-order valence-corrected chi connectivity index (χ4v) is 0.913. The Labute approximate surface area is 69.8 Å². The molecule has 0 saturated carbocycles. The summed E-state index contributed by atoms with van der Waals surface area (Å²) in [5, 5.41) is 8.35. The Kier molecular flexibility index (Phi) is 2.68. The molecule has 0 saturated heterocycles. The SMILES string of the molecule is Nc1cn(CCCC(=O)O)cn1. The van der Waals surface area contributed by atoms with Crippen LogP contribution in [0.15, 0.2) is 12.5 Å². The Balaban J connectivity index is 2.29. The van der Waals surface area contributed by atoms with Crippen LogP contribution in [0.5, 0.6) is 0 Å². The molecule has 0 amide bonds. The van der Waals surface area contributed by atoms with Crippen molar-refractivity contribution in [3.63, 3.8) is 0 Å². The lowest BCUT2D eigenvalue weighted by Crippen LogP contribution is -1.99. The summed E-state index contributed by atoms with van der Waals surface area (Å²) in [4.78, 5) is 14.0. The molecule has 0 fully saturated rings. The molecule has 12 heavy (non-hydrogen) atoms. The summed E-state index contributed by atoms with van der Waals surface area (Å²) in [7, 11) is 0. The second-order valence-corrected chi connectivity index (χ2v) is 2.53. The minimum Gasteiger partial charge on any atom is -0.481 e. The van der Waals surface area contributed by atoms with Gasteiger partial charge in [0, 0.05) is 19.2 Å². The first-order valence-electron chi connectivity index (χ1n) is 3.67. The number of aryl methyl sites for hydroxylation is 1. The van der Waals surface area contributed by atoms with E-state index in [9.17, 15) is 4.79 Å². The van der Waals surface area contributed by atoms with Crippen LogP contribution in [-0.2, 0) is 11.3 Å². The molecule has 3 N–H and O–H groups in total. The maximum absolute atomic E-state index is 10.1. The first-order valence-corrected chi connectivity index (χ1v) is 3.67. The number of aliphatic carboxylic acids is 1. The van der Waals surface area contributed by atoms with E-state index in [-0.39, 0.29) is 6.42 Å². The number of carboxylic acid groups (broad SMARTS) is 1. The summed E-state index contributed by atoms with van der Waals surface area (Å²) in [6.45, 7) is 0.649. The molecule has 0 aliphatic carbocycles. The zero-order valence-corrected chi connectivity index (χ0v) is 6.60. The predicted molar refractivity (Wildman–Crippen MR) is 43.5 cm³/mol. The average Bonchev–Trinajstić information content (AvgIpc) is 2.35. The lowest BCUT2D eigenvalue weighted by atomic mass is 10.3. The number of nitrogens with two attached hydrogens (primary N) is 1. The highest BCUT2D eigenvalue weighted by molar-refractivity contribution is 5.66. The fraction of sp³-hybridized carbons (Fsp3) is 0.429. The van der Waals surface area contributed by atoms with Crippen molar-refractivity contribution in [3.8, 4) is 0 Å². The molecule has 5 nitrogen and oxygen atoms in total. The van der Waals surface area contributed by atoms with Crippen molar-refractivity contribution in [2.75, 3.05) is 5.73 Å². The van der Waals surface area contributed by atoms with E-state index in [4.69, 9.17) is 10.8 Å². The highest BCUT2D eigenvalue weighted by Crippen LogP contribution is 1.99. The molecule has 0 unspecified atom stereocenters. The van der Waals surface area contributed by atoms with Crippen molar-refractivity contribution in [2.24, 2.45) is 0 Å². The average molecular weight is 169 g/mol. The van der Waals surface area contributed by atoms with Crippen LogP contribution in [-0.4, -0.2) is 20.6 Å². The second-order valence-electron chi connectivity index (χ2n) is 2.53. The predicted octanol–water partition coefficient (Wildman–Crippen LogP) is 0.330. The van der Waals surface area contributed by atoms with Gasteiger partial charge in [0.1, 0.15) is 5.82 Å². The van der Waals surface area contributed by atoms with E-state index in [0.717, 1.165) is 0 Å². The third-order valence-electron chi connectivity index (χ3n) is 1.46. The van der Waals surface area contributed by atoms with Gasteiger partial charge in [-0.15, -0.1) is 0 Å². The topological polar surface area (TPSA) is 81.1 Å². The Hall–Kier alpha value is -1.52. The van der Waals surface area contributed by atoms with Crippen LogP contribution in [0.1, 0.15) is 12.8 Å². The maximum Gasteiger partial charge on any atom is 0.303 e. The minimum absolute atomic E-state index is 0.179. The normalized spacial score (nSPS) is 10.0. The first kappa shape index (κ1) is 8.58. The number of imidazole rings is 1. The molecular weight excluding hydrogens is 158 g/mol. The van der Waals surface area contributed by atoms with Gasteiger partial charge in [-0.1, -0.05) is 0 Å². The number of hydrogen-bond donors (Lipinski definition) is 2. The summed E-state index contributed by atoms with van der Waals surface area (Å²) in [5.74, 6) is -0.312. The van der Waals surface area contributed by atoms with Gasteiger partial charge < -0.3 is 15.4 Å².